The van der Waals surface area contributed by atoms with Crippen LogP contribution in [0, 0.1) is 0 Å². The van der Waals surface area contributed by atoms with Crippen molar-refractivity contribution in [2.75, 3.05) is 19.8 Å². The molecule has 4 aromatic heterocycles. The highest BCUT2D eigenvalue weighted by molar-refractivity contribution is 5.70. The van der Waals surface area contributed by atoms with Gasteiger partial charge in [-0.3, -0.25) is 0 Å². The summed E-state index contributed by atoms with van der Waals surface area (Å²) < 4.78 is 18.7. The number of aliphatic carboxylic acids is 1. The predicted molar refractivity (Wildman–Crippen MR) is 114 cm³/mol. The number of hydrogen-bond donors (Lipinski definition) is 1. The van der Waals surface area contributed by atoms with Gasteiger partial charge >= 0.3 is 11.9 Å². The second-order valence-electron chi connectivity index (χ2n) is 6.58. The molecule has 0 atom stereocenters. The Hall–Kier alpha value is -3.76. The van der Waals surface area contributed by atoms with Gasteiger partial charge in [-0.05, 0) is 31.2 Å². The van der Waals surface area contributed by atoms with Crippen LogP contribution in [0.1, 0.15) is 18.3 Å². The molecular weight excluding hydrogens is 416 g/mol. The summed E-state index contributed by atoms with van der Waals surface area (Å²) in [4.78, 5) is 29.8. The minimum Gasteiger partial charge on any atom is -0.480 e. The molecule has 10 nitrogen and oxygen atoms in total. The van der Waals surface area contributed by atoms with Crippen LogP contribution in [0.15, 0.2) is 61.2 Å². The minimum absolute atomic E-state index is 0.0400. The van der Waals surface area contributed by atoms with Crippen LogP contribution in [-0.2, 0) is 37.0 Å². The predicted octanol–water partition coefficient (Wildman–Crippen LogP) is 2.35. The topological polar surface area (TPSA) is 117 Å². The fourth-order valence-corrected chi connectivity index (χ4v) is 2.80. The van der Waals surface area contributed by atoms with E-state index in [1.165, 1.54) is 0 Å². The van der Waals surface area contributed by atoms with Gasteiger partial charge in [0.2, 0.25) is 0 Å². The third kappa shape index (κ3) is 6.89. The summed E-state index contributed by atoms with van der Waals surface area (Å²) in [7, 11) is 0. The molecule has 10 heteroatoms. The molecule has 0 aromatic carbocycles. The number of carboxylic acid groups (broad SMARTS) is 1. The average molecular weight is 440 g/mol. The van der Waals surface area contributed by atoms with Crippen molar-refractivity contribution in [3.8, 4) is 0 Å². The highest BCUT2D eigenvalue weighted by Gasteiger charge is 2.05. The zero-order valence-corrected chi connectivity index (χ0v) is 17.6. The maximum atomic E-state index is 11.0. The molecule has 1 N–H and O–H groups in total. The van der Waals surface area contributed by atoms with Gasteiger partial charge in [-0.1, -0.05) is 12.1 Å². The second kappa shape index (κ2) is 11.6. The Balaban J connectivity index is 0.000000182. The lowest BCUT2D eigenvalue weighted by molar-refractivity contribution is -0.149. The van der Waals surface area contributed by atoms with Crippen molar-refractivity contribution in [2.24, 2.45) is 0 Å². The number of carbonyl (C=O) groups is 2. The normalized spacial score (nSPS) is 10.7. The van der Waals surface area contributed by atoms with E-state index in [1.54, 1.807) is 6.92 Å². The first-order valence-electron chi connectivity index (χ1n) is 9.93. The van der Waals surface area contributed by atoms with Crippen molar-refractivity contribution in [1.29, 1.82) is 0 Å². The number of esters is 1. The molecule has 0 spiro atoms. The summed E-state index contributed by atoms with van der Waals surface area (Å²) in [5, 5.41) is 8.38. The summed E-state index contributed by atoms with van der Waals surface area (Å²) >= 11 is 0. The number of imidazole rings is 2. The molecule has 0 unspecified atom stereocenters. The molecule has 4 aromatic rings. The number of carboxylic acids is 1. The lowest BCUT2D eigenvalue weighted by Crippen LogP contribution is -2.12. The van der Waals surface area contributed by atoms with Gasteiger partial charge in [0, 0.05) is 24.8 Å². The number of hydrogen-bond acceptors (Lipinski definition) is 7. The Bertz CT molecular complexity index is 1100. The number of fused-ring (bicyclic) bond motifs is 2. The highest BCUT2D eigenvalue weighted by atomic mass is 16.6. The summed E-state index contributed by atoms with van der Waals surface area (Å²) in [6.45, 7) is 2.32. The molecule has 168 valence electrons. The van der Waals surface area contributed by atoms with Crippen LogP contribution in [0.3, 0.4) is 0 Å². The molecule has 0 saturated carbocycles. The molecule has 0 fully saturated rings. The second-order valence-corrected chi connectivity index (χ2v) is 6.58. The van der Waals surface area contributed by atoms with E-state index in [0.717, 1.165) is 22.7 Å². The minimum atomic E-state index is -0.973. The summed E-state index contributed by atoms with van der Waals surface area (Å²) in [5.41, 5.74) is 3.21. The number of aromatic nitrogens is 4. The first-order chi connectivity index (χ1) is 15.5. The van der Waals surface area contributed by atoms with E-state index < -0.39 is 5.97 Å². The van der Waals surface area contributed by atoms with E-state index in [1.807, 2.05) is 70.0 Å². The number of nitrogens with zero attached hydrogens (tertiary/aromatic N) is 4. The third-order valence-electron chi connectivity index (χ3n) is 4.08. The SMILES string of the molecule is CCOC(=O)COCc1cn2ccccc2n1.O=C(O)COCc1cn2ccccc2n1. The monoisotopic (exact) mass is 440 g/mol. The van der Waals surface area contributed by atoms with Gasteiger partial charge in [-0.2, -0.15) is 0 Å². The van der Waals surface area contributed by atoms with Crippen molar-refractivity contribution in [3.05, 3.63) is 72.6 Å². The first kappa shape index (κ1) is 22.9. The van der Waals surface area contributed by atoms with Crippen LogP contribution in [0.2, 0.25) is 0 Å². The van der Waals surface area contributed by atoms with E-state index in [0.29, 0.717) is 13.2 Å². The molecule has 0 aliphatic rings. The molecule has 0 aliphatic heterocycles. The van der Waals surface area contributed by atoms with Gasteiger partial charge in [-0.15, -0.1) is 0 Å². The third-order valence-corrected chi connectivity index (χ3v) is 4.08. The maximum absolute atomic E-state index is 11.0. The first-order valence-corrected chi connectivity index (χ1v) is 9.93. The van der Waals surface area contributed by atoms with Crippen molar-refractivity contribution in [2.45, 2.75) is 20.1 Å². The molecule has 4 heterocycles. The van der Waals surface area contributed by atoms with E-state index in [9.17, 15) is 9.59 Å². The van der Waals surface area contributed by atoms with Crippen molar-refractivity contribution >= 4 is 23.2 Å². The Kier molecular flexibility index (Phi) is 8.29. The largest absolute Gasteiger partial charge is 0.480 e. The van der Waals surface area contributed by atoms with Crippen LogP contribution >= 0.6 is 0 Å². The van der Waals surface area contributed by atoms with Crippen LogP contribution in [-0.4, -0.2) is 55.6 Å². The zero-order chi connectivity index (χ0) is 22.8. The molecule has 0 aliphatic carbocycles. The standard InChI is InChI=1S/C12H14N2O3.C10H10N2O3/c1-2-17-12(15)9-16-8-10-7-14-6-4-3-5-11(14)13-10;13-10(14)7-15-6-8-5-12-4-2-1-3-9(12)11-8/h3-7H,2,8-9H2,1H3;1-5H,6-7H2,(H,13,14). The average Bonchev–Trinajstić information content (AvgIpc) is 3.37. The van der Waals surface area contributed by atoms with E-state index >= 15 is 0 Å². The lowest BCUT2D eigenvalue weighted by atomic mass is 10.5. The Morgan fingerprint density at radius 3 is 1.88 bits per heavy atom. The Labute approximate surface area is 184 Å². The summed E-state index contributed by atoms with van der Waals surface area (Å²) in [6.07, 6.45) is 7.48. The van der Waals surface area contributed by atoms with E-state index in [2.05, 4.69) is 9.97 Å². The fourth-order valence-electron chi connectivity index (χ4n) is 2.80. The summed E-state index contributed by atoms with van der Waals surface area (Å²) in [6, 6.07) is 11.4. The van der Waals surface area contributed by atoms with Gasteiger partial charge in [0.15, 0.2) is 0 Å². The molecule has 0 bridgehead atoms. The smallest absolute Gasteiger partial charge is 0.332 e. The van der Waals surface area contributed by atoms with Crippen LogP contribution in [0.4, 0.5) is 0 Å². The molecule has 32 heavy (non-hydrogen) atoms. The van der Waals surface area contributed by atoms with E-state index in [4.69, 9.17) is 19.3 Å². The quantitative estimate of drug-likeness (QED) is 0.394. The zero-order valence-electron chi connectivity index (χ0n) is 17.6. The van der Waals surface area contributed by atoms with Crippen LogP contribution in [0.5, 0.6) is 0 Å². The van der Waals surface area contributed by atoms with Crippen molar-refractivity contribution in [1.82, 2.24) is 18.8 Å². The Morgan fingerprint density at radius 2 is 1.41 bits per heavy atom. The van der Waals surface area contributed by atoms with Gasteiger partial charge in [0.05, 0.1) is 31.2 Å². The summed E-state index contributed by atoms with van der Waals surface area (Å²) in [5.74, 6) is -1.32. The van der Waals surface area contributed by atoms with Crippen LogP contribution in [0.25, 0.3) is 11.3 Å². The van der Waals surface area contributed by atoms with Crippen LogP contribution < -0.4 is 0 Å². The number of pyridine rings is 2. The van der Waals surface area contributed by atoms with Gasteiger partial charge < -0.3 is 28.1 Å². The molecule has 0 amide bonds. The van der Waals surface area contributed by atoms with Gasteiger partial charge in [0.1, 0.15) is 24.5 Å². The number of rotatable bonds is 9. The molecule has 4 rings (SSSR count). The lowest BCUT2D eigenvalue weighted by Gasteiger charge is -2.01. The number of ether oxygens (including phenoxy) is 3. The molecule has 0 radical (unpaired) electrons. The Morgan fingerprint density at radius 1 is 0.875 bits per heavy atom. The van der Waals surface area contributed by atoms with E-state index in [-0.39, 0.29) is 25.8 Å². The van der Waals surface area contributed by atoms with Gasteiger partial charge in [0.25, 0.3) is 0 Å². The van der Waals surface area contributed by atoms with Crippen molar-refractivity contribution < 1.29 is 28.9 Å². The van der Waals surface area contributed by atoms with Gasteiger partial charge in [-0.25, -0.2) is 19.6 Å². The molecular formula is C22H24N4O6. The number of carbonyl (C=O) groups excluding carboxylic acids is 1. The van der Waals surface area contributed by atoms with Crippen molar-refractivity contribution in [3.63, 3.8) is 0 Å². The highest BCUT2D eigenvalue weighted by Crippen LogP contribution is 2.06. The maximum Gasteiger partial charge on any atom is 0.332 e. The molecule has 0 saturated heterocycles. The fraction of sp³-hybridized carbons (Fsp3) is 0.273.